The van der Waals surface area contributed by atoms with E-state index in [2.05, 4.69) is 4.99 Å². The van der Waals surface area contributed by atoms with Gasteiger partial charge in [0.15, 0.2) is 4.80 Å². The lowest BCUT2D eigenvalue weighted by atomic mass is 10.2. The number of carbonyl (C=O) groups is 1. The first-order valence-electron chi connectivity index (χ1n) is 10.4. The van der Waals surface area contributed by atoms with Crippen molar-refractivity contribution in [1.29, 1.82) is 0 Å². The summed E-state index contributed by atoms with van der Waals surface area (Å²) in [4.78, 5) is 18.2. The lowest BCUT2D eigenvalue weighted by molar-refractivity contribution is -0.121. The molecule has 3 aromatic rings. The van der Waals surface area contributed by atoms with Gasteiger partial charge in [-0.05, 0) is 44.0 Å². The summed E-state index contributed by atoms with van der Waals surface area (Å²) in [5, 5.41) is 0.990. The highest BCUT2D eigenvalue weighted by Gasteiger charge is 2.39. The van der Waals surface area contributed by atoms with Gasteiger partial charge in [-0.3, -0.25) is 4.79 Å². The Balaban J connectivity index is 1.75. The summed E-state index contributed by atoms with van der Waals surface area (Å²) >= 11 is 14.0. The molecule has 1 fully saturated rings. The van der Waals surface area contributed by atoms with Gasteiger partial charge in [0, 0.05) is 20.2 Å². The molecule has 0 radical (unpaired) electrons. The Morgan fingerprint density at radius 3 is 2.58 bits per heavy atom. The van der Waals surface area contributed by atoms with Crippen LogP contribution in [0, 0.1) is 6.92 Å². The van der Waals surface area contributed by atoms with Crippen molar-refractivity contribution in [2.24, 2.45) is 4.99 Å². The first-order valence-corrected chi connectivity index (χ1v) is 13.4. The molecular weight excluding hydrogens is 505 g/mol. The number of carbonyl (C=O) groups excluding carboxylic acids is 1. The van der Waals surface area contributed by atoms with Crippen LogP contribution in [0.4, 0.5) is 0 Å². The molecule has 0 saturated carbocycles. The Labute approximate surface area is 206 Å². The molecule has 4 rings (SSSR count). The quantitative estimate of drug-likeness (QED) is 0.479. The Morgan fingerprint density at radius 2 is 1.88 bits per heavy atom. The van der Waals surface area contributed by atoms with Gasteiger partial charge in [0.05, 0.1) is 31.8 Å². The molecule has 2 heterocycles. The highest BCUT2D eigenvalue weighted by Crippen LogP contribution is 2.32. The van der Waals surface area contributed by atoms with Crippen LogP contribution >= 0.6 is 34.5 Å². The highest BCUT2D eigenvalue weighted by atomic mass is 35.5. The number of nitrogens with zero attached hydrogens (tertiary/aromatic N) is 3. The Bertz CT molecular complexity index is 1360. The number of hydrogen-bond acceptors (Lipinski definition) is 5. The average Bonchev–Trinajstić information content (AvgIpc) is 3.41. The lowest BCUT2D eigenvalue weighted by Crippen LogP contribution is -2.40. The number of methoxy groups -OCH3 is 1. The Kier molecular flexibility index (Phi) is 7.28. The highest BCUT2D eigenvalue weighted by molar-refractivity contribution is 7.89. The molecule has 7 nitrogen and oxygen atoms in total. The van der Waals surface area contributed by atoms with E-state index in [0.29, 0.717) is 51.1 Å². The zero-order chi connectivity index (χ0) is 23.8. The summed E-state index contributed by atoms with van der Waals surface area (Å²) in [7, 11) is -2.24. The van der Waals surface area contributed by atoms with E-state index < -0.39 is 22.0 Å². The lowest BCUT2D eigenvalue weighted by Gasteiger charge is -2.21. The smallest absolute Gasteiger partial charge is 0.266 e. The second-order valence-corrected chi connectivity index (χ2v) is 11.5. The van der Waals surface area contributed by atoms with Crippen LogP contribution in [-0.4, -0.2) is 49.5 Å². The minimum Gasteiger partial charge on any atom is -0.383 e. The van der Waals surface area contributed by atoms with Gasteiger partial charge in [-0.1, -0.05) is 52.2 Å². The van der Waals surface area contributed by atoms with Gasteiger partial charge in [0.25, 0.3) is 5.91 Å². The first kappa shape index (κ1) is 24.4. The van der Waals surface area contributed by atoms with Crippen LogP contribution in [0.15, 0.2) is 46.3 Å². The molecule has 1 unspecified atom stereocenters. The third-order valence-corrected chi connectivity index (χ3v) is 9.34. The zero-order valence-electron chi connectivity index (χ0n) is 18.1. The molecule has 0 N–H and O–H groups in total. The summed E-state index contributed by atoms with van der Waals surface area (Å²) in [6, 6.07) is 9.15. The largest absolute Gasteiger partial charge is 0.383 e. The second-order valence-electron chi connectivity index (χ2n) is 7.77. The fourth-order valence-electron chi connectivity index (χ4n) is 3.88. The van der Waals surface area contributed by atoms with Crippen molar-refractivity contribution in [2.75, 3.05) is 20.3 Å². The van der Waals surface area contributed by atoms with E-state index in [1.807, 2.05) is 6.92 Å². The fraction of sp³-hybridized carbons (Fsp3) is 0.364. The SMILES string of the molecule is COCCn1c(=NC(=O)C2CCCN2S(=O)(=O)c2ccc(C)cc2)sc2c(Cl)ccc(Cl)c21. The van der Waals surface area contributed by atoms with E-state index in [1.54, 1.807) is 48.1 Å². The van der Waals surface area contributed by atoms with Crippen LogP contribution in [0.3, 0.4) is 0 Å². The summed E-state index contributed by atoms with van der Waals surface area (Å²) in [6.07, 6.45) is 1.00. The number of rotatable bonds is 6. The molecular formula is C22H23Cl2N3O4S2. The average molecular weight is 528 g/mol. The van der Waals surface area contributed by atoms with E-state index >= 15 is 0 Å². The third-order valence-electron chi connectivity index (χ3n) is 5.57. The maximum atomic E-state index is 13.3. The van der Waals surface area contributed by atoms with Crippen molar-refractivity contribution >= 4 is 60.7 Å². The molecule has 2 aromatic carbocycles. The number of amides is 1. The Morgan fingerprint density at radius 1 is 1.18 bits per heavy atom. The number of ether oxygens (including phenoxy) is 1. The molecule has 1 aromatic heterocycles. The fourth-order valence-corrected chi connectivity index (χ4v) is 7.20. The van der Waals surface area contributed by atoms with Crippen molar-refractivity contribution < 1.29 is 17.9 Å². The van der Waals surface area contributed by atoms with Crippen LogP contribution in [-0.2, 0) is 26.1 Å². The Hall–Kier alpha value is -1.75. The van der Waals surface area contributed by atoms with Crippen LogP contribution < -0.4 is 4.80 Å². The molecule has 0 spiro atoms. The normalized spacial score (nSPS) is 17.8. The molecule has 176 valence electrons. The predicted molar refractivity (Wildman–Crippen MR) is 130 cm³/mol. The predicted octanol–water partition coefficient (Wildman–Crippen LogP) is 4.25. The van der Waals surface area contributed by atoms with Gasteiger partial charge in [-0.25, -0.2) is 8.42 Å². The van der Waals surface area contributed by atoms with Gasteiger partial charge in [0.1, 0.15) is 6.04 Å². The van der Waals surface area contributed by atoms with Gasteiger partial charge >= 0.3 is 0 Å². The standard InChI is InChI=1S/C22H23Cl2N3O4S2/c1-14-5-7-15(8-6-14)33(29,30)27-11-3-4-18(27)21(28)25-22-26(12-13-31-2)19-16(23)9-10-17(24)20(19)32-22/h5-10,18H,3-4,11-13H2,1-2H3. The molecule has 1 aliphatic rings. The van der Waals surface area contributed by atoms with Crippen LogP contribution in [0.5, 0.6) is 0 Å². The first-order chi connectivity index (χ1) is 15.7. The van der Waals surface area contributed by atoms with E-state index in [9.17, 15) is 13.2 Å². The number of sulfonamides is 1. The molecule has 33 heavy (non-hydrogen) atoms. The van der Waals surface area contributed by atoms with Crippen LogP contribution in [0.25, 0.3) is 10.2 Å². The number of hydrogen-bond donors (Lipinski definition) is 0. The molecule has 1 atom stereocenters. The van der Waals surface area contributed by atoms with E-state index in [1.165, 1.54) is 15.6 Å². The molecule has 1 amide bonds. The van der Waals surface area contributed by atoms with Crippen LogP contribution in [0.1, 0.15) is 18.4 Å². The molecule has 1 saturated heterocycles. The minimum absolute atomic E-state index is 0.170. The number of aromatic nitrogens is 1. The summed E-state index contributed by atoms with van der Waals surface area (Å²) < 4.78 is 35.4. The number of aryl methyl sites for hydroxylation is 1. The summed E-state index contributed by atoms with van der Waals surface area (Å²) in [6.45, 7) is 2.96. The maximum Gasteiger partial charge on any atom is 0.266 e. The van der Waals surface area contributed by atoms with Crippen molar-refractivity contribution in [3.05, 3.63) is 56.8 Å². The van der Waals surface area contributed by atoms with Gasteiger partial charge in [-0.2, -0.15) is 9.30 Å². The number of fused-ring (bicyclic) bond motifs is 1. The third kappa shape index (κ3) is 4.76. The summed E-state index contributed by atoms with van der Waals surface area (Å²) in [5.41, 5.74) is 1.63. The van der Waals surface area contributed by atoms with Crippen molar-refractivity contribution in [3.8, 4) is 0 Å². The molecule has 1 aliphatic heterocycles. The number of thiazole rings is 1. The molecule has 0 aliphatic carbocycles. The van der Waals surface area contributed by atoms with Gasteiger partial charge in [-0.15, -0.1) is 0 Å². The topological polar surface area (TPSA) is 81.0 Å². The number of benzene rings is 2. The van der Waals surface area contributed by atoms with Gasteiger partial charge < -0.3 is 9.30 Å². The number of halogens is 2. The maximum absolute atomic E-state index is 13.3. The van der Waals surface area contributed by atoms with Crippen LogP contribution in [0.2, 0.25) is 10.0 Å². The van der Waals surface area contributed by atoms with Gasteiger partial charge in [0.2, 0.25) is 10.0 Å². The van der Waals surface area contributed by atoms with E-state index in [0.717, 1.165) is 5.56 Å². The summed E-state index contributed by atoms with van der Waals surface area (Å²) in [5.74, 6) is -0.506. The van der Waals surface area contributed by atoms with E-state index in [4.69, 9.17) is 27.9 Å². The second kappa shape index (κ2) is 9.85. The van der Waals surface area contributed by atoms with Crippen molar-refractivity contribution in [1.82, 2.24) is 8.87 Å². The molecule has 0 bridgehead atoms. The van der Waals surface area contributed by atoms with Crippen molar-refractivity contribution in [3.63, 3.8) is 0 Å². The van der Waals surface area contributed by atoms with E-state index in [-0.39, 0.29) is 11.4 Å². The zero-order valence-corrected chi connectivity index (χ0v) is 21.3. The monoisotopic (exact) mass is 527 g/mol. The molecule has 11 heteroatoms. The minimum atomic E-state index is -3.82. The van der Waals surface area contributed by atoms with Crippen molar-refractivity contribution in [2.45, 2.75) is 37.2 Å².